The summed E-state index contributed by atoms with van der Waals surface area (Å²) in [6, 6.07) is 0. The third kappa shape index (κ3) is 2.50. The molecule has 2 saturated heterocycles. The topological polar surface area (TPSA) is 87.2 Å². The Labute approximate surface area is 154 Å². The van der Waals surface area contributed by atoms with Gasteiger partial charge in [-0.1, -0.05) is 18.2 Å². The molecule has 0 aromatic carbocycles. The van der Waals surface area contributed by atoms with Gasteiger partial charge in [-0.3, -0.25) is 19.3 Å². The minimum absolute atomic E-state index is 0.0130. The number of amides is 2. The van der Waals surface area contributed by atoms with E-state index in [1.54, 1.807) is 0 Å². The Morgan fingerprint density at radius 2 is 2.36 bits per heavy atom. The van der Waals surface area contributed by atoms with Crippen molar-refractivity contribution in [2.24, 2.45) is 5.41 Å². The molecule has 2 aliphatic heterocycles. The number of ether oxygens (including phenoxy) is 1. The number of fused-ring (bicyclic) bond motifs is 1. The van der Waals surface area contributed by atoms with Crippen molar-refractivity contribution in [3.63, 3.8) is 0 Å². The summed E-state index contributed by atoms with van der Waals surface area (Å²) >= 11 is 7.17. The zero-order chi connectivity index (χ0) is 18.2. The number of carbonyl (C=O) groups excluding carboxylic acids is 2. The second kappa shape index (κ2) is 6.66. The number of aliphatic carboxylic acids is 1. The molecule has 2 amide bonds. The van der Waals surface area contributed by atoms with Crippen molar-refractivity contribution >= 4 is 41.6 Å². The van der Waals surface area contributed by atoms with Crippen LogP contribution in [0.1, 0.15) is 12.8 Å². The number of β-lactam (4-membered cyclic amide) rings is 1. The van der Waals surface area contributed by atoms with Gasteiger partial charge in [-0.25, -0.2) is 0 Å². The Morgan fingerprint density at radius 1 is 1.60 bits per heavy atom. The summed E-state index contributed by atoms with van der Waals surface area (Å²) in [5.74, 6) is -1.27. The van der Waals surface area contributed by atoms with E-state index in [9.17, 15) is 19.5 Å². The second-order valence-corrected chi connectivity index (χ2v) is 7.63. The molecule has 0 bridgehead atoms. The fourth-order valence-electron chi connectivity index (χ4n) is 3.45. The normalized spacial score (nSPS) is 34.0. The quantitative estimate of drug-likeness (QED) is 0.243. The largest absolute Gasteiger partial charge is 0.481 e. The third-order valence-corrected chi connectivity index (χ3v) is 7.07. The standard InChI is InChI=1S/C16H19ClN2O5S/c1-24-16(19(10-20)11-5-3-2-4-6-11)12(21)18-8-15(7-17,14(22)23)9-25-13(16)18/h2-3,6,10,13H,4-5,7-9H2,1H3,(H,22,23)/t13-,15?,16?/m1/s1. The molecule has 1 aliphatic carbocycles. The van der Waals surface area contributed by atoms with E-state index >= 15 is 0 Å². The number of rotatable bonds is 6. The Morgan fingerprint density at radius 3 is 2.88 bits per heavy atom. The molecular weight excluding hydrogens is 368 g/mol. The van der Waals surface area contributed by atoms with Gasteiger partial charge in [0.2, 0.25) is 6.41 Å². The number of halogens is 1. The van der Waals surface area contributed by atoms with Gasteiger partial charge in [0.25, 0.3) is 11.6 Å². The molecule has 2 unspecified atom stereocenters. The van der Waals surface area contributed by atoms with Gasteiger partial charge in [0.05, 0.1) is 0 Å². The van der Waals surface area contributed by atoms with Crippen molar-refractivity contribution in [2.75, 3.05) is 25.3 Å². The van der Waals surface area contributed by atoms with Crippen molar-refractivity contribution in [1.29, 1.82) is 0 Å². The van der Waals surface area contributed by atoms with E-state index in [1.165, 1.54) is 28.7 Å². The maximum atomic E-state index is 12.9. The molecule has 0 radical (unpaired) electrons. The van der Waals surface area contributed by atoms with Crippen LogP contribution in [0.25, 0.3) is 0 Å². The summed E-state index contributed by atoms with van der Waals surface area (Å²) in [5.41, 5.74) is -1.90. The molecule has 7 nitrogen and oxygen atoms in total. The van der Waals surface area contributed by atoms with Crippen LogP contribution >= 0.6 is 23.4 Å². The van der Waals surface area contributed by atoms with Gasteiger partial charge in [0, 0.05) is 37.4 Å². The molecule has 2 fully saturated rings. The van der Waals surface area contributed by atoms with E-state index in [0.717, 1.165) is 0 Å². The van der Waals surface area contributed by atoms with Crippen molar-refractivity contribution < 1.29 is 24.2 Å². The average Bonchev–Trinajstić information content (AvgIpc) is 2.65. The number of hydrogen-bond donors (Lipinski definition) is 1. The molecule has 3 atom stereocenters. The predicted molar refractivity (Wildman–Crippen MR) is 92.8 cm³/mol. The maximum absolute atomic E-state index is 12.9. The molecule has 0 saturated carbocycles. The second-order valence-electron chi connectivity index (χ2n) is 6.30. The van der Waals surface area contributed by atoms with Crippen LogP contribution in [-0.2, 0) is 19.1 Å². The molecule has 3 rings (SSSR count). The lowest BCUT2D eigenvalue weighted by Crippen LogP contribution is -2.82. The van der Waals surface area contributed by atoms with E-state index in [1.807, 2.05) is 18.2 Å². The number of hydrogen-bond acceptors (Lipinski definition) is 5. The zero-order valence-electron chi connectivity index (χ0n) is 13.7. The fourth-order valence-corrected chi connectivity index (χ4v) is 5.54. The third-order valence-electron chi connectivity index (χ3n) is 4.95. The number of thioether (sulfide) groups is 1. The van der Waals surface area contributed by atoms with E-state index in [-0.39, 0.29) is 18.2 Å². The molecule has 1 N–H and O–H groups in total. The Bertz CT molecular complexity index is 669. The first-order valence-corrected chi connectivity index (χ1v) is 9.41. The van der Waals surface area contributed by atoms with Crippen LogP contribution in [0.2, 0.25) is 0 Å². The van der Waals surface area contributed by atoms with E-state index in [2.05, 4.69) is 0 Å². The summed E-state index contributed by atoms with van der Waals surface area (Å²) in [5, 5.41) is 9.04. The number of nitrogens with zero attached hydrogens (tertiary/aromatic N) is 2. The van der Waals surface area contributed by atoms with Crippen LogP contribution in [0.3, 0.4) is 0 Å². The molecule has 9 heteroatoms. The number of methoxy groups -OCH3 is 1. The molecule has 0 spiro atoms. The summed E-state index contributed by atoms with van der Waals surface area (Å²) in [6.07, 6.45) is 7.65. The van der Waals surface area contributed by atoms with Gasteiger partial charge >= 0.3 is 5.97 Å². The van der Waals surface area contributed by atoms with Gasteiger partial charge in [-0.05, 0) is 6.42 Å². The van der Waals surface area contributed by atoms with Crippen LogP contribution in [0, 0.1) is 5.41 Å². The van der Waals surface area contributed by atoms with Gasteiger partial charge in [-0.15, -0.1) is 23.4 Å². The predicted octanol–water partition coefficient (Wildman–Crippen LogP) is 1.25. The zero-order valence-corrected chi connectivity index (χ0v) is 15.3. The van der Waals surface area contributed by atoms with Gasteiger partial charge in [0.1, 0.15) is 10.8 Å². The minimum Gasteiger partial charge on any atom is -0.481 e. The maximum Gasteiger partial charge on any atom is 0.313 e. The molecule has 3 aliphatic rings. The highest BCUT2D eigenvalue weighted by Gasteiger charge is 2.69. The number of carboxylic acid groups (broad SMARTS) is 1. The first-order valence-electron chi connectivity index (χ1n) is 7.82. The molecule has 0 aromatic heterocycles. The monoisotopic (exact) mass is 386 g/mol. The fraction of sp³-hybridized carbons (Fsp3) is 0.562. The van der Waals surface area contributed by atoms with Crippen LogP contribution in [0.4, 0.5) is 0 Å². The van der Waals surface area contributed by atoms with E-state index in [4.69, 9.17) is 16.3 Å². The summed E-state index contributed by atoms with van der Waals surface area (Å²) in [4.78, 5) is 39.1. The Kier molecular flexibility index (Phi) is 4.87. The van der Waals surface area contributed by atoms with Crippen LogP contribution in [0.15, 0.2) is 23.9 Å². The highest BCUT2D eigenvalue weighted by atomic mass is 35.5. The highest BCUT2D eigenvalue weighted by Crippen LogP contribution is 2.51. The average molecular weight is 387 g/mol. The summed E-state index contributed by atoms with van der Waals surface area (Å²) in [7, 11) is 1.39. The highest BCUT2D eigenvalue weighted by molar-refractivity contribution is 8.00. The first kappa shape index (κ1) is 18.3. The molecule has 136 valence electrons. The van der Waals surface area contributed by atoms with Crippen LogP contribution in [-0.4, -0.2) is 69.6 Å². The van der Waals surface area contributed by atoms with Gasteiger partial charge in [0.15, 0.2) is 0 Å². The Hall–Kier alpha value is -1.51. The van der Waals surface area contributed by atoms with Crippen molar-refractivity contribution in [2.45, 2.75) is 23.9 Å². The van der Waals surface area contributed by atoms with Crippen LogP contribution < -0.4 is 0 Å². The SMILES string of the molecule is COC1(N(C=O)C2=CCC=CC2)C(=O)N2CC(CCl)(C(=O)O)CS[C@@H]21. The van der Waals surface area contributed by atoms with Crippen molar-refractivity contribution in [3.05, 3.63) is 23.9 Å². The number of allylic oxidation sites excluding steroid dienone is 3. The molecule has 25 heavy (non-hydrogen) atoms. The lowest BCUT2D eigenvalue weighted by Gasteiger charge is -2.61. The summed E-state index contributed by atoms with van der Waals surface area (Å²) < 4.78 is 5.56. The van der Waals surface area contributed by atoms with Crippen molar-refractivity contribution in [1.82, 2.24) is 9.80 Å². The van der Waals surface area contributed by atoms with Gasteiger partial charge < -0.3 is 14.7 Å². The lowest BCUT2D eigenvalue weighted by molar-refractivity contribution is -0.222. The van der Waals surface area contributed by atoms with Crippen LogP contribution in [0.5, 0.6) is 0 Å². The molecule has 0 aromatic rings. The van der Waals surface area contributed by atoms with E-state index < -0.39 is 28.4 Å². The van der Waals surface area contributed by atoms with Gasteiger partial charge in [-0.2, -0.15) is 0 Å². The number of carboxylic acids is 1. The number of alkyl halides is 1. The smallest absolute Gasteiger partial charge is 0.313 e. The first-order chi connectivity index (χ1) is 12.0. The molecule has 2 heterocycles. The van der Waals surface area contributed by atoms with E-state index in [0.29, 0.717) is 24.9 Å². The minimum atomic E-state index is -1.43. The summed E-state index contributed by atoms with van der Waals surface area (Å²) in [6.45, 7) is 0.0130. The number of carbonyl (C=O) groups is 3. The van der Waals surface area contributed by atoms with Crippen molar-refractivity contribution in [3.8, 4) is 0 Å². The lowest BCUT2D eigenvalue weighted by atomic mass is 9.87. The molecular formula is C16H19ClN2O5S. The Balaban J connectivity index is 1.90.